The highest BCUT2D eigenvalue weighted by Crippen LogP contribution is 2.38. The van der Waals surface area contributed by atoms with E-state index >= 15 is 0 Å². The Bertz CT molecular complexity index is 3100. The molecule has 0 bridgehead atoms. The van der Waals surface area contributed by atoms with Crippen molar-refractivity contribution in [2.75, 3.05) is 13.2 Å². The SMILES string of the molecule is CC(=O)N[C@@H]1[C@@H](O[C@@H]2O[C@H](C(=O)O)[C@@H](O[C@@H]3O[C@H](COS(=O)(=O)O)[C@H](OS(=O)(=O)O)[C@H](O[C@@H]4O[C@H](C(=O)O)[C@@H](OS(=O)(=O)O)[C@H](O)[C@H]4OS(=O)(=O)O)[C@H]3NC(C)=O)[C@H](O)[C@H]2OS(=O)(=O)O)[C@@H](OS(=O)(=O)O)[C@@H](COS(=O)(=O)O)O[C@H]1O. The van der Waals surface area contributed by atoms with Gasteiger partial charge in [0.15, 0.2) is 49.6 Å². The highest BCUT2D eigenvalue weighted by Gasteiger charge is 2.61. The molecule has 0 aliphatic carbocycles. The molecular weight excluding hydrogens is 1290 g/mol. The molecule has 81 heavy (non-hydrogen) atoms. The number of carboxylic acids is 2. The number of hydrogen-bond donors (Lipinski definition) is 14. The second-order valence-corrected chi connectivity index (χ2v) is 23.7. The zero-order valence-electron chi connectivity index (χ0n) is 39.2. The van der Waals surface area contributed by atoms with Crippen molar-refractivity contribution in [3.8, 4) is 0 Å². The van der Waals surface area contributed by atoms with Gasteiger partial charge in [0.1, 0.15) is 73.1 Å². The number of aliphatic carboxylic acids is 2. The van der Waals surface area contributed by atoms with Crippen LogP contribution in [0.4, 0.5) is 0 Å². The minimum Gasteiger partial charge on any atom is -0.479 e. The van der Waals surface area contributed by atoms with E-state index in [9.17, 15) is 131 Å². The third-order valence-corrected chi connectivity index (χ3v) is 13.6. The molecule has 4 fully saturated rings. The van der Waals surface area contributed by atoms with Crippen LogP contribution in [0.1, 0.15) is 13.8 Å². The highest BCUT2D eigenvalue weighted by atomic mass is 32.3. The number of hydrogen-bond acceptors (Lipinski definition) is 35. The van der Waals surface area contributed by atoms with Crippen molar-refractivity contribution >= 4 is 96.5 Å². The lowest BCUT2D eigenvalue weighted by Gasteiger charge is -2.50. The Morgan fingerprint density at radius 2 is 0.704 bits per heavy atom. The number of ether oxygens (including phenoxy) is 7. The first-order valence-electron chi connectivity index (χ1n) is 20.7. The van der Waals surface area contributed by atoms with Gasteiger partial charge in [0.25, 0.3) is 0 Å². The third-order valence-electron chi connectivity index (χ3n) is 10.4. The van der Waals surface area contributed by atoms with Gasteiger partial charge in [0.2, 0.25) is 11.8 Å². The average molecular weight is 1340 g/mol. The van der Waals surface area contributed by atoms with Crippen LogP contribution in [0.15, 0.2) is 0 Å². The Morgan fingerprint density at radius 3 is 1.06 bits per heavy atom. The molecule has 0 aromatic heterocycles. The van der Waals surface area contributed by atoms with Gasteiger partial charge in [-0.1, -0.05) is 0 Å². The molecular formula is C28H44N2O44S7. The van der Waals surface area contributed by atoms with E-state index in [0.29, 0.717) is 13.8 Å². The number of nitrogens with one attached hydrogen (secondary N) is 2. The predicted octanol–water partition coefficient (Wildman–Crippen LogP) is -10.5. The number of amides is 2. The second-order valence-electron chi connectivity index (χ2n) is 16.2. The van der Waals surface area contributed by atoms with Gasteiger partial charge in [-0.05, 0) is 0 Å². The zero-order chi connectivity index (χ0) is 62.1. The smallest absolute Gasteiger partial charge is 0.397 e. The molecule has 0 spiro atoms. The third kappa shape index (κ3) is 21.2. The summed E-state index contributed by atoms with van der Waals surface area (Å²) in [6.07, 6.45) is -54.1. The fourth-order valence-electron chi connectivity index (χ4n) is 7.75. The number of rotatable bonds is 26. The molecule has 4 aliphatic rings. The number of aliphatic hydroxyl groups excluding tert-OH is 3. The summed E-state index contributed by atoms with van der Waals surface area (Å²) < 4.78 is 301. The predicted molar refractivity (Wildman–Crippen MR) is 231 cm³/mol. The number of carbonyl (C=O) groups excluding carboxylic acids is 2. The molecule has 53 heteroatoms. The van der Waals surface area contributed by atoms with Gasteiger partial charge in [0, 0.05) is 13.8 Å². The lowest BCUT2D eigenvalue weighted by Crippen LogP contribution is -2.71. The van der Waals surface area contributed by atoms with Crippen LogP contribution in [0.3, 0.4) is 0 Å². The Morgan fingerprint density at radius 1 is 0.395 bits per heavy atom. The van der Waals surface area contributed by atoms with Crippen molar-refractivity contribution in [1.82, 2.24) is 10.6 Å². The van der Waals surface area contributed by atoms with Crippen LogP contribution >= 0.6 is 0 Å². The molecule has 2 amide bonds. The van der Waals surface area contributed by atoms with Crippen LogP contribution in [-0.4, -0.2) is 276 Å². The van der Waals surface area contributed by atoms with Crippen LogP contribution in [0, 0.1) is 0 Å². The maximum atomic E-state index is 13.0. The summed E-state index contributed by atoms with van der Waals surface area (Å²) in [5.41, 5.74) is 0. The van der Waals surface area contributed by atoms with Crippen molar-refractivity contribution in [3.63, 3.8) is 0 Å². The number of carboxylic acid groups (broad SMARTS) is 2. The molecule has 4 heterocycles. The molecule has 0 radical (unpaired) electrons. The molecule has 472 valence electrons. The van der Waals surface area contributed by atoms with E-state index in [1.54, 1.807) is 0 Å². The van der Waals surface area contributed by atoms with E-state index in [4.69, 9.17) is 37.7 Å². The monoisotopic (exact) mass is 1340 g/mol. The Labute approximate surface area is 453 Å². The summed E-state index contributed by atoms with van der Waals surface area (Å²) >= 11 is 0. The van der Waals surface area contributed by atoms with E-state index in [1.807, 2.05) is 10.6 Å². The van der Waals surface area contributed by atoms with E-state index in [2.05, 4.69) is 29.3 Å². The van der Waals surface area contributed by atoms with Crippen molar-refractivity contribution in [3.05, 3.63) is 0 Å². The minimum atomic E-state index is -6.16. The summed E-state index contributed by atoms with van der Waals surface area (Å²) in [6, 6.07) is -5.17. The summed E-state index contributed by atoms with van der Waals surface area (Å²) in [4.78, 5) is 50.5. The van der Waals surface area contributed by atoms with Crippen molar-refractivity contribution in [1.29, 1.82) is 0 Å². The minimum absolute atomic E-state index is 0.527. The Balaban J connectivity index is 1.97. The van der Waals surface area contributed by atoms with E-state index in [1.165, 1.54) is 0 Å². The number of carbonyl (C=O) groups is 4. The molecule has 0 unspecified atom stereocenters. The van der Waals surface area contributed by atoms with E-state index < -0.39 is 232 Å². The first kappa shape index (κ1) is 70.1. The van der Waals surface area contributed by atoms with Gasteiger partial charge in [0.05, 0.1) is 13.2 Å². The molecule has 14 N–H and O–H groups in total. The summed E-state index contributed by atoms with van der Waals surface area (Å²) in [5, 5.41) is 57.8. The van der Waals surface area contributed by atoms with Crippen molar-refractivity contribution < 1.29 is 198 Å². The van der Waals surface area contributed by atoms with E-state index in [-0.39, 0.29) is 0 Å². The van der Waals surface area contributed by atoms with Gasteiger partial charge in [-0.15, -0.1) is 0 Å². The average Bonchev–Trinajstić information content (AvgIpc) is 3.30. The highest BCUT2D eigenvalue weighted by molar-refractivity contribution is 7.82. The molecule has 0 aromatic rings. The second kappa shape index (κ2) is 26.5. The lowest BCUT2D eigenvalue weighted by molar-refractivity contribution is -0.363. The first-order chi connectivity index (χ1) is 36.5. The standard InChI is InChI=1S/C28H44N2O44S7/c1-5(31)29-9-15(13(70-77(46,47)48)7(63-25(9)39)3-61-75(40,41)42)65-27-19(73-80(55,56)57)11(33)17(21(68-27)23(35)36)67-26-10(30-6(2)32)16(14(71-78(49,50)51)8(64-26)4-62-76(43,44)45)66-28-20(74-81(58,59)60)12(34)18(72-79(52,53)54)22(69-28)24(37)38/h7-22,25-28,33-34,39H,3-4H2,1-2H3,(H,29,31)(H,30,32)(H,35,36)(H,37,38)(H,40,41,42)(H,43,44,45)(H,46,47,48)(H,49,50,51)(H,52,53,54)(H,55,56,57)(H,58,59,60)/t7-,8-,9-,10-,11+,12+,13+,14+,15-,16-,17+,18+,19-,20-,21+,22+,25-,26+,27-,28-/m1/s1. The van der Waals surface area contributed by atoms with Crippen LogP contribution in [0.2, 0.25) is 0 Å². The zero-order valence-corrected chi connectivity index (χ0v) is 45.0. The van der Waals surface area contributed by atoms with Crippen LogP contribution in [-0.2, 0) is 154 Å². The summed E-state index contributed by atoms with van der Waals surface area (Å²) in [7, 11) is -41.6. The Kier molecular flexibility index (Phi) is 22.9. The van der Waals surface area contributed by atoms with Gasteiger partial charge in [-0.25, -0.2) is 38.9 Å². The molecule has 20 atom stereocenters. The molecule has 4 rings (SSSR count). The maximum absolute atomic E-state index is 13.0. The lowest BCUT2D eigenvalue weighted by atomic mass is 9.94. The van der Waals surface area contributed by atoms with Gasteiger partial charge < -0.3 is 69.3 Å². The van der Waals surface area contributed by atoms with Crippen LogP contribution in [0.25, 0.3) is 0 Å². The van der Waals surface area contributed by atoms with E-state index in [0.717, 1.165) is 0 Å². The van der Waals surface area contributed by atoms with Crippen LogP contribution < -0.4 is 10.6 Å². The Hall–Kier alpha value is -3.43. The molecule has 0 aromatic carbocycles. The van der Waals surface area contributed by atoms with Crippen LogP contribution in [0.5, 0.6) is 0 Å². The quantitative estimate of drug-likeness (QED) is 0.0358. The fourth-order valence-corrected chi connectivity index (χ4v) is 10.9. The maximum Gasteiger partial charge on any atom is 0.397 e. The largest absolute Gasteiger partial charge is 0.479 e. The summed E-state index contributed by atoms with van der Waals surface area (Å²) in [6.45, 7) is -2.36. The number of aliphatic hydroxyl groups is 3. The summed E-state index contributed by atoms with van der Waals surface area (Å²) in [5.74, 6) is -7.63. The normalized spacial score (nSPS) is 35.8. The fraction of sp³-hybridized carbons (Fsp3) is 0.857. The molecule has 46 nitrogen and oxygen atoms in total. The van der Waals surface area contributed by atoms with Crippen molar-refractivity contribution in [2.24, 2.45) is 0 Å². The first-order valence-corrected chi connectivity index (χ1v) is 30.2. The van der Waals surface area contributed by atoms with Gasteiger partial charge >= 0.3 is 84.7 Å². The molecule has 0 saturated carbocycles. The van der Waals surface area contributed by atoms with Gasteiger partial charge in [-0.2, -0.15) is 58.9 Å². The molecule has 4 aliphatic heterocycles. The molecule has 4 saturated heterocycles. The van der Waals surface area contributed by atoms with Gasteiger partial charge in [-0.3, -0.25) is 41.5 Å². The van der Waals surface area contributed by atoms with Crippen molar-refractivity contribution in [2.45, 2.75) is 137 Å². The topological polar surface area (TPSA) is 703 Å².